The van der Waals surface area contributed by atoms with Crippen molar-refractivity contribution in [1.29, 1.82) is 0 Å². The summed E-state index contributed by atoms with van der Waals surface area (Å²) >= 11 is 1.48. The number of thiazole rings is 1. The van der Waals surface area contributed by atoms with E-state index in [4.69, 9.17) is 19.2 Å². The smallest absolute Gasteiger partial charge is 0.294 e. The van der Waals surface area contributed by atoms with Crippen molar-refractivity contribution in [3.8, 4) is 11.5 Å². The Hall–Kier alpha value is -3.49. The molecule has 0 bridgehead atoms. The van der Waals surface area contributed by atoms with Gasteiger partial charge in [-0.3, -0.25) is 4.79 Å². The van der Waals surface area contributed by atoms with Crippen LogP contribution in [0.1, 0.15) is 5.56 Å². The lowest BCUT2D eigenvalue weighted by molar-refractivity contribution is 0.122. The molecule has 0 atom stereocenters. The Kier molecular flexibility index (Phi) is 4.74. The second-order valence-corrected chi connectivity index (χ2v) is 8.68. The lowest BCUT2D eigenvalue weighted by Gasteiger charge is -2.25. The van der Waals surface area contributed by atoms with Crippen molar-refractivity contribution in [2.45, 2.75) is 6.54 Å². The fourth-order valence-corrected chi connectivity index (χ4v) is 5.21. The molecule has 8 heteroatoms. The summed E-state index contributed by atoms with van der Waals surface area (Å²) in [7, 11) is 0. The van der Waals surface area contributed by atoms with Gasteiger partial charge in [0.15, 0.2) is 16.4 Å². The predicted octanol–water partition coefficient (Wildman–Crippen LogP) is 4.15. The van der Waals surface area contributed by atoms with Crippen LogP contribution < -0.4 is 10.5 Å². The summed E-state index contributed by atoms with van der Waals surface area (Å²) in [6, 6.07) is 18.0. The minimum absolute atomic E-state index is 0.195. The zero-order valence-electron chi connectivity index (χ0n) is 17.2. The van der Waals surface area contributed by atoms with Crippen LogP contribution in [-0.2, 0) is 11.3 Å². The molecule has 1 saturated heterocycles. The first kappa shape index (κ1) is 19.2. The molecule has 0 unspecified atom stereocenters. The molecule has 160 valence electrons. The molecule has 2 aromatic carbocycles. The van der Waals surface area contributed by atoms with Crippen molar-refractivity contribution in [2.24, 2.45) is 0 Å². The van der Waals surface area contributed by atoms with Crippen molar-refractivity contribution in [2.75, 3.05) is 31.2 Å². The van der Waals surface area contributed by atoms with Gasteiger partial charge in [-0.25, -0.2) is 9.67 Å². The Labute approximate surface area is 187 Å². The molecule has 0 radical (unpaired) electrons. The van der Waals surface area contributed by atoms with Crippen LogP contribution in [0.4, 0.5) is 5.13 Å². The standard InChI is InChI=1S/C24H20N4O3S/c29-23-21-22(32-24(25-21)27-10-13-30-14-11-27)20(19-9-4-12-31-19)26-28(23)15-17-7-3-6-16-5-1-2-8-18(16)17/h1-9,12H,10-11,13-15H2. The lowest BCUT2D eigenvalue weighted by Crippen LogP contribution is -2.36. The molecule has 3 aromatic heterocycles. The highest BCUT2D eigenvalue weighted by Gasteiger charge is 2.22. The van der Waals surface area contributed by atoms with E-state index in [1.54, 1.807) is 6.26 Å². The molecule has 1 aliphatic rings. The number of fused-ring (bicyclic) bond motifs is 2. The molecule has 7 nitrogen and oxygen atoms in total. The van der Waals surface area contributed by atoms with E-state index in [0.29, 0.717) is 36.7 Å². The summed E-state index contributed by atoms with van der Waals surface area (Å²) in [6.07, 6.45) is 1.62. The van der Waals surface area contributed by atoms with E-state index in [9.17, 15) is 4.79 Å². The number of ether oxygens (including phenoxy) is 1. The Bertz CT molecular complexity index is 1460. The minimum atomic E-state index is -0.195. The molecule has 0 saturated carbocycles. The number of hydrogen-bond donors (Lipinski definition) is 0. The van der Waals surface area contributed by atoms with Gasteiger partial charge in [0.05, 0.1) is 30.7 Å². The maximum atomic E-state index is 13.5. The van der Waals surface area contributed by atoms with Crippen LogP contribution in [-0.4, -0.2) is 41.1 Å². The number of morpholine rings is 1. The van der Waals surface area contributed by atoms with Crippen molar-refractivity contribution >= 4 is 37.5 Å². The van der Waals surface area contributed by atoms with Gasteiger partial charge < -0.3 is 14.1 Å². The van der Waals surface area contributed by atoms with E-state index in [2.05, 4.69) is 23.1 Å². The second kappa shape index (κ2) is 7.89. The van der Waals surface area contributed by atoms with Gasteiger partial charge in [0.1, 0.15) is 5.69 Å². The summed E-state index contributed by atoms with van der Waals surface area (Å²) in [5.41, 5.74) is 1.91. The van der Waals surface area contributed by atoms with E-state index in [1.807, 2.05) is 36.4 Å². The van der Waals surface area contributed by atoms with Crippen molar-refractivity contribution < 1.29 is 9.15 Å². The third-order valence-corrected chi connectivity index (χ3v) is 6.85. The second-order valence-electron chi connectivity index (χ2n) is 7.70. The Morgan fingerprint density at radius 3 is 2.69 bits per heavy atom. The first-order chi connectivity index (χ1) is 15.8. The van der Waals surface area contributed by atoms with Crippen LogP contribution in [0.5, 0.6) is 0 Å². The highest BCUT2D eigenvalue weighted by atomic mass is 32.1. The molecule has 6 rings (SSSR count). The van der Waals surface area contributed by atoms with Crippen LogP contribution >= 0.6 is 11.3 Å². The lowest BCUT2D eigenvalue weighted by atomic mass is 10.0. The van der Waals surface area contributed by atoms with Crippen LogP contribution in [0.2, 0.25) is 0 Å². The third-order valence-electron chi connectivity index (χ3n) is 5.72. The summed E-state index contributed by atoms with van der Waals surface area (Å²) in [6.45, 7) is 3.18. The number of nitrogens with zero attached hydrogens (tertiary/aromatic N) is 4. The van der Waals surface area contributed by atoms with Crippen LogP contribution in [0.25, 0.3) is 32.4 Å². The fourth-order valence-electron chi connectivity index (χ4n) is 4.11. The molecule has 0 spiro atoms. The Morgan fingerprint density at radius 1 is 1.00 bits per heavy atom. The maximum Gasteiger partial charge on any atom is 0.294 e. The maximum absolute atomic E-state index is 13.5. The van der Waals surface area contributed by atoms with Gasteiger partial charge in [-0.1, -0.05) is 53.8 Å². The molecule has 1 fully saturated rings. The number of benzene rings is 2. The highest BCUT2D eigenvalue weighted by molar-refractivity contribution is 7.22. The van der Waals surface area contributed by atoms with Crippen molar-refractivity contribution in [1.82, 2.24) is 14.8 Å². The summed E-state index contributed by atoms with van der Waals surface area (Å²) < 4.78 is 13.4. The van der Waals surface area contributed by atoms with E-state index in [0.717, 1.165) is 39.3 Å². The molecule has 5 aromatic rings. The van der Waals surface area contributed by atoms with Crippen LogP contribution in [0.3, 0.4) is 0 Å². The molecule has 0 aliphatic carbocycles. The number of anilines is 1. The summed E-state index contributed by atoms with van der Waals surface area (Å²) in [5.74, 6) is 0.624. The summed E-state index contributed by atoms with van der Waals surface area (Å²) in [4.78, 5) is 20.4. The van der Waals surface area contributed by atoms with E-state index in [1.165, 1.54) is 16.0 Å². The Balaban J connectivity index is 1.52. The van der Waals surface area contributed by atoms with Gasteiger partial charge in [0.25, 0.3) is 5.56 Å². The van der Waals surface area contributed by atoms with Crippen molar-refractivity contribution in [3.63, 3.8) is 0 Å². The van der Waals surface area contributed by atoms with Gasteiger partial charge in [-0.15, -0.1) is 0 Å². The van der Waals surface area contributed by atoms with Gasteiger partial charge in [-0.2, -0.15) is 5.10 Å². The quantitative estimate of drug-likeness (QED) is 0.415. The Morgan fingerprint density at radius 2 is 1.84 bits per heavy atom. The van der Waals surface area contributed by atoms with Gasteiger partial charge >= 0.3 is 0 Å². The minimum Gasteiger partial charge on any atom is -0.463 e. The predicted molar refractivity (Wildman–Crippen MR) is 125 cm³/mol. The highest BCUT2D eigenvalue weighted by Crippen LogP contribution is 2.34. The van der Waals surface area contributed by atoms with E-state index >= 15 is 0 Å². The average Bonchev–Trinajstić information content (AvgIpc) is 3.53. The topological polar surface area (TPSA) is 73.4 Å². The molecule has 32 heavy (non-hydrogen) atoms. The first-order valence-electron chi connectivity index (χ1n) is 10.5. The molecular weight excluding hydrogens is 424 g/mol. The number of aromatic nitrogens is 3. The third kappa shape index (κ3) is 3.28. The first-order valence-corrected chi connectivity index (χ1v) is 11.3. The monoisotopic (exact) mass is 444 g/mol. The van der Waals surface area contributed by atoms with E-state index in [-0.39, 0.29) is 5.56 Å². The SMILES string of the molecule is O=c1c2nc(N3CCOCC3)sc2c(-c2ccco2)nn1Cc1cccc2ccccc12. The number of rotatable bonds is 4. The van der Waals surface area contributed by atoms with Gasteiger partial charge in [0.2, 0.25) is 0 Å². The number of furan rings is 1. The fraction of sp³-hybridized carbons (Fsp3) is 0.208. The molecule has 0 amide bonds. The van der Waals surface area contributed by atoms with Crippen LogP contribution in [0.15, 0.2) is 70.1 Å². The normalized spacial score (nSPS) is 14.4. The molecule has 4 heterocycles. The van der Waals surface area contributed by atoms with Crippen LogP contribution in [0, 0.1) is 0 Å². The molecule has 0 N–H and O–H groups in total. The van der Waals surface area contributed by atoms with Gasteiger partial charge in [-0.05, 0) is 28.5 Å². The van der Waals surface area contributed by atoms with E-state index < -0.39 is 0 Å². The zero-order chi connectivity index (χ0) is 21.5. The van der Waals surface area contributed by atoms with Crippen molar-refractivity contribution in [3.05, 3.63) is 76.8 Å². The average molecular weight is 445 g/mol. The van der Waals surface area contributed by atoms with Gasteiger partial charge in [0, 0.05) is 13.1 Å². The summed E-state index contributed by atoms with van der Waals surface area (Å²) in [5, 5.41) is 7.80. The molecule has 1 aliphatic heterocycles. The molecular formula is C24H20N4O3S. The largest absolute Gasteiger partial charge is 0.463 e. The zero-order valence-corrected chi connectivity index (χ0v) is 18.0. The number of hydrogen-bond acceptors (Lipinski definition) is 7.